The van der Waals surface area contributed by atoms with Crippen molar-refractivity contribution < 1.29 is 14.3 Å². The molecule has 0 spiro atoms. The number of halogens is 1. The van der Waals surface area contributed by atoms with Gasteiger partial charge in [-0.3, -0.25) is 4.90 Å². The van der Waals surface area contributed by atoms with Crippen molar-refractivity contribution in [3.63, 3.8) is 0 Å². The molecule has 164 valence electrons. The molecular formula is C27H32FNO2. The van der Waals surface area contributed by atoms with E-state index < -0.39 is 11.6 Å². The topological polar surface area (TPSA) is 40.5 Å². The van der Waals surface area contributed by atoms with Crippen LogP contribution in [-0.4, -0.2) is 40.3 Å². The van der Waals surface area contributed by atoms with Crippen molar-refractivity contribution in [2.24, 2.45) is 10.8 Å². The number of aryl methyl sites for hydroxylation is 1. The summed E-state index contributed by atoms with van der Waals surface area (Å²) in [6, 6.07) is 9.49. The number of carboxylic acid groups (broad SMARTS) is 1. The van der Waals surface area contributed by atoms with Crippen molar-refractivity contribution in [1.29, 1.82) is 0 Å². The normalized spacial score (nSPS) is 38.0. The van der Waals surface area contributed by atoms with Gasteiger partial charge in [-0.1, -0.05) is 30.3 Å². The van der Waals surface area contributed by atoms with Crippen LogP contribution in [0.1, 0.15) is 69.4 Å². The summed E-state index contributed by atoms with van der Waals surface area (Å²) in [6.07, 6.45) is 12.0. The molecule has 1 aromatic carbocycles. The van der Waals surface area contributed by atoms with E-state index in [1.165, 1.54) is 22.8 Å². The van der Waals surface area contributed by atoms with Crippen LogP contribution in [0.5, 0.6) is 0 Å². The third kappa shape index (κ3) is 2.90. The lowest BCUT2D eigenvalue weighted by Crippen LogP contribution is -2.72. The summed E-state index contributed by atoms with van der Waals surface area (Å²) in [5, 5.41) is 9.07. The highest BCUT2D eigenvalue weighted by atomic mass is 19.1. The van der Waals surface area contributed by atoms with Gasteiger partial charge in [0.1, 0.15) is 5.67 Å². The van der Waals surface area contributed by atoms with E-state index in [9.17, 15) is 4.79 Å². The zero-order valence-corrected chi connectivity index (χ0v) is 18.4. The van der Waals surface area contributed by atoms with Crippen LogP contribution in [0.25, 0.3) is 5.57 Å². The number of hydrogen-bond acceptors (Lipinski definition) is 2. The van der Waals surface area contributed by atoms with E-state index in [2.05, 4.69) is 36.1 Å². The predicted octanol–water partition coefficient (Wildman–Crippen LogP) is 5.55. The fraction of sp³-hybridized carbons (Fsp3) is 0.593. The molecule has 1 aliphatic heterocycles. The van der Waals surface area contributed by atoms with Gasteiger partial charge < -0.3 is 5.11 Å². The van der Waals surface area contributed by atoms with E-state index in [0.717, 1.165) is 44.9 Å². The minimum Gasteiger partial charge on any atom is -0.478 e. The summed E-state index contributed by atoms with van der Waals surface area (Å²) in [4.78, 5) is 13.6. The Morgan fingerprint density at radius 3 is 2.65 bits per heavy atom. The maximum Gasteiger partial charge on any atom is 0.327 e. The van der Waals surface area contributed by atoms with Crippen LogP contribution >= 0.6 is 0 Å². The molecule has 5 aliphatic carbocycles. The molecule has 2 bridgehead atoms. The van der Waals surface area contributed by atoms with Gasteiger partial charge in [0, 0.05) is 24.7 Å². The lowest BCUT2D eigenvalue weighted by Gasteiger charge is -2.75. The van der Waals surface area contributed by atoms with E-state index >= 15 is 4.39 Å². The summed E-state index contributed by atoms with van der Waals surface area (Å²) in [6.45, 7) is 2.86. The summed E-state index contributed by atoms with van der Waals surface area (Å²) < 4.78 is 15.4. The average molecular weight is 422 g/mol. The molecule has 0 radical (unpaired) electrons. The number of benzene rings is 1. The van der Waals surface area contributed by atoms with Crippen LogP contribution in [0.2, 0.25) is 0 Å². The van der Waals surface area contributed by atoms with Gasteiger partial charge >= 0.3 is 5.97 Å². The third-order valence-electron chi connectivity index (χ3n) is 9.11. The van der Waals surface area contributed by atoms with Gasteiger partial charge in [0.25, 0.3) is 0 Å². The highest BCUT2D eigenvalue weighted by molar-refractivity contribution is 5.80. The molecule has 0 amide bonds. The zero-order valence-electron chi connectivity index (χ0n) is 18.4. The maximum atomic E-state index is 15.4. The first-order chi connectivity index (χ1) is 14.8. The number of carbonyl (C=O) groups is 1. The van der Waals surface area contributed by atoms with Crippen LogP contribution in [0, 0.1) is 10.8 Å². The highest BCUT2D eigenvalue weighted by Crippen LogP contribution is 2.77. The summed E-state index contributed by atoms with van der Waals surface area (Å²) in [5.41, 5.74) is 5.23. The van der Waals surface area contributed by atoms with Crippen molar-refractivity contribution >= 4 is 11.5 Å². The molecule has 2 atom stereocenters. The van der Waals surface area contributed by atoms with E-state index in [-0.39, 0.29) is 10.8 Å². The smallest absolute Gasteiger partial charge is 0.327 e. The number of hydrogen-bond donors (Lipinski definition) is 1. The van der Waals surface area contributed by atoms with Crippen molar-refractivity contribution in [3.05, 3.63) is 53.1 Å². The van der Waals surface area contributed by atoms with Gasteiger partial charge in [0.2, 0.25) is 0 Å². The molecule has 4 saturated carbocycles. The number of rotatable bonds is 5. The molecule has 0 aromatic heterocycles. The van der Waals surface area contributed by atoms with Crippen LogP contribution in [0.15, 0.2) is 42.0 Å². The van der Waals surface area contributed by atoms with Gasteiger partial charge in [-0.25, -0.2) is 9.18 Å². The second-order valence-electron chi connectivity index (χ2n) is 11.2. The van der Waals surface area contributed by atoms with Gasteiger partial charge in [0.15, 0.2) is 0 Å². The van der Waals surface area contributed by atoms with E-state index in [0.29, 0.717) is 31.5 Å². The standard InChI is InChI=1S/C27H32FNO2/c1-18-13-22-20-6-3-2-5-19(20)7-8-21(22)24(29(18)17-27(28)10-4-11-27)26-14-25(15-26,16-26)12-9-23(30)31/h2-3,5-6,9,12,18,24H,4,7-8,10-11,13-17H2,1H3,(H,30,31)/b12-9+. The molecule has 1 heterocycles. The van der Waals surface area contributed by atoms with Crippen molar-refractivity contribution in [1.82, 2.24) is 4.90 Å². The number of allylic oxidation sites excluding steroid dienone is 1. The first-order valence-corrected chi connectivity index (χ1v) is 12.0. The Labute approximate surface area is 184 Å². The Kier molecular flexibility index (Phi) is 4.16. The fourth-order valence-electron chi connectivity index (χ4n) is 7.71. The van der Waals surface area contributed by atoms with E-state index in [4.69, 9.17) is 5.11 Å². The van der Waals surface area contributed by atoms with Gasteiger partial charge in [-0.2, -0.15) is 0 Å². The Morgan fingerprint density at radius 2 is 1.97 bits per heavy atom. The molecule has 1 aromatic rings. The van der Waals surface area contributed by atoms with Crippen LogP contribution < -0.4 is 0 Å². The van der Waals surface area contributed by atoms with Crippen molar-refractivity contribution in [2.45, 2.75) is 82.5 Å². The summed E-state index contributed by atoms with van der Waals surface area (Å²) in [5.74, 6) is -0.857. The second-order valence-corrected chi connectivity index (χ2v) is 11.2. The van der Waals surface area contributed by atoms with Crippen LogP contribution in [-0.2, 0) is 11.2 Å². The minimum absolute atomic E-state index is 0.0713. The molecule has 0 saturated heterocycles. The molecule has 31 heavy (non-hydrogen) atoms. The van der Waals surface area contributed by atoms with Crippen LogP contribution in [0.4, 0.5) is 4.39 Å². The van der Waals surface area contributed by atoms with E-state index in [1.54, 1.807) is 5.57 Å². The molecule has 4 fully saturated rings. The fourth-order valence-corrected chi connectivity index (χ4v) is 7.71. The van der Waals surface area contributed by atoms with Gasteiger partial charge in [-0.15, -0.1) is 0 Å². The zero-order chi connectivity index (χ0) is 21.4. The second kappa shape index (κ2) is 6.54. The number of nitrogens with zero attached hydrogens (tertiary/aromatic N) is 1. The Balaban J connectivity index is 1.37. The largest absolute Gasteiger partial charge is 0.478 e. The van der Waals surface area contributed by atoms with Crippen molar-refractivity contribution in [2.75, 3.05) is 6.54 Å². The maximum absolute atomic E-state index is 15.4. The summed E-state index contributed by atoms with van der Waals surface area (Å²) >= 11 is 0. The first-order valence-electron chi connectivity index (χ1n) is 12.0. The number of fused-ring (bicyclic) bond motifs is 2. The lowest BCUT2D eigenvalue weighted by atomic mass is 9.32. The average Bonchev–Trinajstić information content (AvgIpc) is 2.66. The van der Waals surface area contributed by atoms with Crippen molar-refractivity contribution in [3.8, 4) is 0 Å². The predicted molar refractivity (Wildman–Crippen MR) is 119 cm³/mol. The highest BCUT2D eigenvalue weighted by Gasteiger charge is 2.71. The molecule has 7 rings (SSSR count). The molecule has 2 unspecified atom stereocenters. The number of carboxylic acids is 1. The SMILES string of the molecule is CC1CC2=C(CCc3ccccc32)C(C23CC(/C=C/C(=O)O)(C2)C3)N1CC1(F)CCC1. The Hall–Kier alpha value is -1.94. The van der Waals surface area contributed by atoms with Crippen LogP contribution in [0.3, 0.4) is 0 Å². The number of aliphatic carboxylic acids is 1. The lowest BCUT2D eigenvalue weighted by molar-refractivity contribution is -0.213. The number of alkyl halides is 1. The van der Waals surface area contributed by atoms with Gasteiger partial charge in [0.05, 0.1) is 0 Å². The quantitative estimate of drug-likeness (QED) is 0.634. The summed E-state index contributed by atoms with van der Waals surface area (Å²) in [7, 11) is 0. The Bertz CT molecular complexity index is 984. The first kappa shape index (κ1) is 19.7. The molecule has 3 nitrogen and oxygen atoms in total. The third-order valence-corrected chi connectivity index (χ3v) is 9.11. The van der Waals surface area contributed by atoms with Gasteiger partial charge in [-0.05, 0) is 97.8 Å². The molecule has 6 aliphatic rings. The Morgan fingerprint density at radius 1 is 1.23 bits per heavy atom. The monoisotopic (exact) mass is 421 g/mol. The molecule has 4 heteroatoms. The minimum atomic E-state index is -1.01. The van der Waals surface area contributed by atoms with E-state index in [1.807, 2.05) is 6.08 Å². The molecular weight excluding hydrogens is 389 g/mol. The molecule has 1 N–H and O–H groups in total.